The highest BCUT2D eigenvalue weighted by atomic mass is 16.3. The van der Waals surface area contributed by atoms with E-state index in [4.69, 9.17) is 5.11 Å². The van der Waals surface area contributed by atoms with E-state index in [0.717, 1.165) is 22.3 Å². The average Bonchev–Trinajstić information content (AvgIpc) is 2.52. The van der Waals surface area contributed by atoms with Crippen LogP contribution in [0.25, 0.3) is 21.8 Å². The molecule has 23 heavy (non-hydrogen) atoms. The second-order valence-corrected chi connectivity index (χ2v) is 5.90. The van der Waals surface area contributed by atoms with Crippen LogP contribution in [0.4, 0.5) is 5.69 Å². The quantitative estimate of drug-likeness (QED) is 0.556. The van der Waals surface area contributed by atoms with Crippen molar-refractivity contribution in [2.45, 2.75) is 20.0 Å². The lowest BCUT2D eigenvalue weighted by Gasteiger charge is -2.13. The lowest BCUT2D eigenvalue weighted by molar-refractivity contribution is 0.105. The van der Waals surface area contributed by atoms with E-state index < -0.39 is 6.10 Å². The van der Waals surface area contributed by atoms with Gasteiger partial charge < -0.3 is 20.5 Å². The molecule has 2 aromatic carbocycles. The van der Waals surface area contributed by atoms with Gasteiger partial charge in [0.05, 0.1) is 29.4 Å². The Hall–Kier alpha value is -2.37. The highest BCUT2D eigenvalue weighted by Crippen LogP contribution is 2.24. The normalized spacial score (nSPS) is 12.7. The summed E-state index contributed by atoms with van der Waals surface area (Å²) in [6.07, 6.45) is -0.845. The molecule has 1 atom stereocenters. The number of benzene rings is 2. The molecule has 0 aliphatic heterocycles. The van der Waals surface area contributed by atoms with Crippen molar-refractivity contribution in [2.24, 2.45) is 0 Å². The Morgan fingerprint density at radius 2 is 2.04 bits per heavy atom. The summed E-state index contributed by atoms with van der Waals surface area (Å²) in [5.74, 6) is 0. The van der Waals surface area contributed by atoms with Crippen molar-refractivity contribution in [3.63, 3.8) is 0 Å². The fourth-order valence-electron chi connectivity index (χ4n) is 2.95. The van der Waals surface area contributed by atoms with Crippen LogP contribution < -0.4 is 10.7 Å². The van der Waals surface area contributed by atoms with E-state index in [1.807, 2.05) is 32.0 Å². The number of aromatic nitrogens is 1. The maximum absolute atomic E-state index is 12.8. The summed E-state index contributed by atoms with van der Waals surface area (Å²) < 4.78 is 0. The molecule has 1 unspecified atom stereocenters. The van der Waals surface area contributed by atoms with E-state index in [0.29, 0.717) is 16.3 Å². The fourth-order valence-corrected chi connectivity index (χ4v) is 2.95. The molecule has 3 rings (SSSR count). The number of aliphatic hydroxyl groups excluding tert-OH is 2. The molecular weight excluding hydrogens is 292 g/mol. The second-order valence-electron chi connectivity index (χ2n) is 5.90. The van der Waals surface area contributed by atoms with E-state index in [2.05, 4.69) is 10.3 Å². The number of nitrogens with one attached hydrogen (secondary N) is 2. The molecule has 0 saturated heterocycles. The van der Waals surface area contributed by atoms with Crippen molar-refractivity contribution < 1.29 is 10.2 Å². The molecule has 0 radical (unpaired) electrons. The minimum absolute atomic E-state index is 0.00222. The predicted molar refractivity (Wildman–Crippen MR) is 93.1 cm³/mol. The summed E-state index contributed by atoms with van der Waals surface area (Å²) in [7, 11) is 0. The number of H-pyrrole nitrogens is 1. The number of aryl methyl sites for hydroxylation is 2. The lowest BCUT2D eigenvalue weighted by Crippen LogP contribution is -2.23. The first-order valence-corrected chi connectivity index (χ1v) is 7.60. The first-order valence-electron chi connectivity index (χ1n) is 7.60. The zero-order chi connectivity index (χ0) is 16.6. The number of aliphatic hydroxyl groups is 2. The molecule has 0 saturated carbocycles. The summed E-state index contributed by atoms with van der Waals surface area (Å²) in [5, 5.41) is 22.8. The van der Waals surface area contributed by atoms with Gasteiger partial charge in [0.1, 0.15) is 0 Å². The van der Waals surface area contributed by atoms with Crippen molar-refractivity contribution in [3.8, 4) is 0 Å². The Labute approximate surface area is 133 Å². The number of fused-ring (bicyclic) bond motifs is 2. The molecule has 0 bridgehead atoms. The first kappa shape index (κ1) is 15.5. The standard InChI is InChI=1S/C18H20N2O3/c1-10-6-11(2)16-15(7-10)20-17-13(18(16)23)4-3-5-14(17)19-8-12(22)9-21/h3-7,12,19,21-22H,8-9H2,1-2H3,(H,20,23). The van der Waals surface area contributed by atoms with Gasteiger partial charge in [-0.2, -0.15) is 0 Å². The zero-order valence-corrected chi connectivity index (χ0v) is 13.2. The number of hydrogen-bond acceptors (Lipinski definition) is 4. The van der Waals surface area contributed by atoms with Crippen LogP contribution >= 0.6 is 0 Å². The summed E-state index contributed by atoms with van der Waals surface area (Å²) in [6.45, 7) is 3.84. The van der Waals surface area contributed by atoms with Gasteiger partial charge in [-0.3, -0.25) is 4.79 Å². The Bertz CT molecular complexity index is 931. The van der Waals surface area contributed by atoms with Gasteiger partial charge in [-0.15, -0.1) is 0 Å². The molecule has 120 valence electrons. The van der Waals surface area contributed by atoms with Crippen molar-refractivity contribution in [1.29, 1.82) is 0 Å². The number of aromatic amines is 1. The first-order chi connectivity index (χ1) is 11.0. The van der Waals surface area contributed by atoms with Crippen LogP contribution in [-0.2, 0) is 0 Å². The summed E-state index contributed by atoms with van der Waals surface area (Å²) in [6, 6.07) is 9.41. The van der Waals surface area contributed by atoms with Crippen LogP contribution in [0.5, 0.6) is 0 Å². The summed E-state index contributed by atoms with van der Waals surface area (Å²) in [5.41, 5.74) is 4.28. The number of pyridine rings is 1. The molecule has 0 aliphatic rings. The van der Waals surface area contributed by atoms with Gasteiger partial charge in [0, 0.05) is 17.3 Å². The number of rotatable bonds is 4. The van der Waals surface area contributed by atoms with E-state index in [1.54, 1.807) is 12.1 Å². The molecule has 0 amide bonds. The molecule has 5 heteroatoms. The van der Waals surface area contributed by atoms with Crippen LogP contribution in [0, 0.1) is 13.8 Å². The van der Waals surface area contributed by atoms with Gasteiger partial charge >= 0.3 is 0 Å². The minimum Gasteiger partial charge on any atom is -0.394 e. The van der Waals surface area contributed by atoms with E-state index >= 15 is 0 Å². The number of anilines is 1. The molecule has 5 nitrogen and oxygen atoms in total. The highest BCUT2D eigenvalue weighted by molar-refractivity contribution is 5.99. The average molecular weight is 312 g/mol. The van der Waals surface area contributed by atoms with E-state index in [-0.39, 0.29) is 18.6 Å². The smallest absolute Gasteiger partial charge is 0.197 e. The predicted octanol–water partition coefficient (Wildman–Crippen LogP) is 2.06. The molecule has 3 aromatic rings. The Balaban J connectivity index is 2.23. The van der Waals surface area contributed by atoms with Gasteiger partial charge in [0.15, 0.2) is 5.43 Å². The van der Waals surface area contributed by atoms with E-state index in [9.17, 15) is 9.90 Å². The van der Waals surface area contributed by atoms with Gasteiger partial charge in [0.25, 0.3) is 0 Å². The van der Waals surface area contributed by atoms with Crippen molar-refractivity contribution in [3.05, 3.63) is 51.7 Å². The third-order valence-electron chi connectivity index (χ3n) is 4.01. The molecule has 1 heterocycles. The van der Waals surface area contributed by atoms with Crippen LogP contribution in [0.1, 0.15) is 11.1 Å². The topological polar surface area (TPSA) is 85.3 Å². The third-order valence-corrected chi connectivity index (χ3v) is 4.01. The van der Waals surface area contributed by atoms with Crippen molar-refractivity contribution >= 4 is 27.5 Å². The van der Waals surface area contributed by atoms with Crippen LogP contribution in [0.15, 0.2) is 35.1 Å². The SMILES string of the molecule is Cc1cc(C)c2c(=O)c3cccc(NCC(O)CO)c3[nH]c2c1. The van der Waals surface area contributed by atoms with Gasteiger partial charge in [0.2, 0.25) is 0 Å². The van der Waals surface area contributed by atoms with Gasteiger partial charge in [-0.05, 0) is 43.2 Å². The van der Waals surface area contributed by atoms with Gasteiger partial charge in [-0.1, -0.05) is 12.1 Å². The fraction of sp³-hybridized carbons (Fsp3) is 0.278. The van der Waals surface area contributed by atoms with Gasteiger partial charge in [-0.25, -0.2) is 0 Å². The second kappa shape index (κ2) is 6.02. The number of para-hydroxylation sites is 1. The molecule has 4 N–H and O–H groups in total. The molecule has 0 fully saturated rings. The zero-order valence-electron chi connectivity index (χ0n) is 13.2. The van der Waals surface area contributed by atoms with Crippen molar-refractivity contribution in [1.82, 2.24) is 4.98 Å². The minimum atomic E-state index is -0.845. The molecule has 0 aliphatic carbocycles. The largest absolute Gasteiger partial charge is 0.394 e. The van der Waals surface area contributed by atoms with E-state index in [1.165, 1.54) is 0 Å². The summed E-state index contributed by atoms with van der Waals surface area (Å²) >= 11 is 0. The Kier molecular flexibility index (Phi) is 4.07. The maximum Gasteiger partial charge on any atom is 0.197 e. The van der Waals surface area contributed by atoms with Crippen molar-refractivity contribution in [2.75, 3.05) is 18.5 Å². The number of hydrogen-bond donors (Lipinski definition) is 4. The summed E-state index contributed by atoms with van der Waals surface area (Å²) in [4.78, 5) is 16.2. The molecule has 0 spiro atoms. The van der Waals surface area contributed by atoms with Crippen LogP contribution in [0.3, 0.4) is 0 Å². The van der Waals surface area contributed by atoms with Crippen LogP contribution in [0.2, 0.25) is 0 Å². The molecular formula is C18H20N2O3. The molecule has 1 aromatic heterocycles. The Morgan fingerprint density at radius 1 is 1.26 bits per heavy atom. The Morgan fingerprint density at radius 3 is 2.78 bits per heavy atom. The monoisotopic (exact) mass is 312 g/mol. The third kappa shape index (κ3) is 2.81. The lowest BCUT2D eigenvalue weighted by atomic mass is 10.0. The van der Waals surface area contributed by atoms with Crippen LogP contribution in [-0.4, -0.2) is 34.5 Å². The maximum atomic E-state index is 12.8. The highest BCUT2D eigenvalue weighted by Gasteiger charge is 2.11.